The Morgan fingerprint density at radius 2 is 1.80 bits per heavy atom. The van der Waals surface area contributed by atoms with Crippen LogP contribution in [0.25, 0.3) is 0 Å². The molecule has 0 radical (unpaired) electrons. The fourth-order valence-electron chi connectivity index (χ4n) is 1.67. The van der Waals surface area contributed by atoms with Gasteiger partial charge in [-0.2, -0.15) is 0 Å². The number of carbonyl (C=O) groups is 2. The number of likely N-dealkylation sites (N-methyl/N-ethyl adjacent to an activating group) is 1. The van der Waals surface area contributed by atoms with Gasteiger partial charge < -0.3 is 14.9 Å². The molecule has 1 unspecified atom stereocenters. The normalized spacial score (nSPS) is 12.6. The van der Waals surface area contributed by atoms with Crippen molar-refractivity contribution in [3.8, 4) is 5.75 Å². The number of rotatable bonds is 3. The van der Waals surface area contributed by atoms with E-state index in [1.807, 2.05) is 0 Å². The topological polar surface area (TPSA) is 87.1 Å². The molecule has 0 spiro atoms. The van der Waals surface area contributed by atoms with Crippen molar-refractivity contribution in [3.05, 3.63) is 29.8 Å². The van der Waals surface area contributed by atoms with Gasteiger partial charge in [-0.3, -0.25) is 4.90 Å². The van der Waals surface area contributed by atoms with Gasteiger partial charge in [0.15, 0.2) is 6.04 Å². The number of aromatic hydroxyl groups is 1. The molecule has 6 heteroatoms. The quantitative estimate of drug-likeness (QED) is 0.888. The molecule has 0 heterocycles. The molecule has 2 N–H and O–H groups in total. The van der Waals surface area contributed by atoms with E-state index in [0.717, 1.165) is 4.90 Å². The van der Waals surface area contributed by atoms with Crippen molar-refractivity contribution < 1.29 is 24.5 Å². The molecule has 1 aromatic rings. The third-order valence-corrected chi connectivity index (χ3v) is 2.53. The second kappa shape index (κ2) is 5.81. The molecule has 1 aromatic carbocycles. The van der Waals surface area contributed by atoms with Gasteiger partial charge >= 0.3 is 12.1 Å². The number of carboxylic acid groups (broad SMARTS) is 1. The maximum atomic E-state index is 11.9. The molecule has 1 atom stereocenters. The number of hydrogen-bond acceptors (Lipinski definition) is 4. The number of benzene rings is 1. The van der Waals surface area contributed by atoms with Gasteiger partial charge in [0.2, 0.25) is 0 Å². The number of phenols is 1. The smallest absolute Gasteiger partial charge is 0.411 e. The highest BCUT2D eigenvalue weighted by molar-refractivity contribution is 5.82. The molecular weight excluding hydrogens is 262 g/mol. The summed E-state index contributed by atoms with van der Waals surface area (Å²) in [6, 6.07) is 4.67. The summed E-state index contributed by atoms with van der Waals surface area (Å²) in [5, 5.41) is 19.1. The number of nitrogens with zero attached hydrogens (tertiary/aromatic N) is 1. The Hall–Kier alpha value is -2.24. The van der Waals surface area contributed by atoms with Crippen LogP contribution in [0.2, 0.25) is 0 Å². The van der Waals surface area contributed by atoms with Crippen molar-refractivity contribution in [1.82, 2.24) is 4.90 Å². The highest BCUT2D eigenvalue weighted by Crippen LogP contribution is 2.28. The first-order chi connectivity index (χ1) is 9.13. The summed E-state index contributed by atoms with van der Waals surface area (Å²) in [5.41, 5.74) is -0.596. The molecule has 6 nitrogen and oxygen atoms in total. The molecule has 110 valence electrons. The van der Waals surface area contributed by atoms with E-state index in [0.29, 0.717) is 0 Å². The minimum atomic E-state index is -1.31. The molecule has 0 saturated heterocycles. The van der Waals surface area contributed by atoms with Crippen molar-refractivity contribution in [3.63, 3.8) is 0 Å². The lowest BCUT2D eigenvalue weighted by molar-refractivity contribution is -0.143. The fourth-order valence-corrected chi connectivity index (χ4v) is 1.67. The van der Waals surface area contributed by atoms with Crippen LogP contribution in [-0.4, -0.2) is 39.8 Å². The Kier molecular flexibility index (Phi) is 4.60. The Bertz CT molecular complexity index is 507. The molecular formula is C14H19NO5. The number of phenolic OH excluding ortho intramolecular Hbond substituents is 1. The molecule has 1 amide bonds. The number of ether oxygens (including phenoxy) is 1. The van der Waals surface area contributed by atoms with Crippen LogP contribution in [0, 0.1) is 0 Å². The van der Waals surface area contributed by atoms with Crippen molar-refractivity contribution >= 4 is 12.1 Å². The van der Waals surface area contributed by atoms with E-state index in [1.165, 1.54) is 19.2 Å². The van der Waals surface area contributed by atoms with Gasteiger partial charge in [0.05, 0.1) is 0 Å². The monoisotopic (exact) mass is 281 g/mol. The summed E-state index contributed by atoms with van der Waals surface area (Å²) in [6.07, 6.45) is -0.770. The molecule has 0 fully saturated rings. The Morgan fingerprint density at radius 3 is 2.25 bits per heavy atom. The Balaban J connectivity index is 3.07. The number of para-hydroxylation sites is 1. The summed E-state index contributed by atoms with van der Waals surface area (Å²) in [7, 11) is 1.32. The van der Waals surface area contributed by atoms with Crippen LogP contribution in [-0.2, 0) is 9.53 Å². The molecule has 20 heavy (non-hydrogen) atoms. The van der Waals surface area contributed by atoms with Crippen LogP contribution in [0.4, 0.5) is 4.79 Å². The van der Waals surface area contributed by atoms with Crippen LogP contribution in [0.15, 0.2) is 24.3 Å². The van der Waals surface area contributed by atoms with Crippen molar-refractivity contribution in [2.45, 2.75) is 32.4 Å². The van der Waals surface area contributed by atoms with Crippen molar-refractivity contribution in [2.24, 2.45) is 0 Å². The van der Waals surface area contributed by atoms with Crippen LogP contribution in [0.3, 0.4) is 0 Å². The maximum absolute atomic E-state index is 11.9. The highest BCUT2D eigenvalue weighted by atomic mass is 16.6. The van der Waals surface area contributed by atoms with Crippen molar-refractivity contribution in [1.29, 1.82) is 0 Å². The minimum absolute atomic E-state index is 0.133. The molecule has 1 rings (SSSR count). The third-order valence-electron chi connectivity index (χ3n) is 2.53. The first-order valence-corrected chi connectivity index (χ1v) is 6.10. The first-order valence-electron chi connectivity index (χ1n) is 6.10. The van der Waals surface area contributed by atoms with E-state index in [1.54, 1.807) is 32.9 Å². The molecule has 0 aliphatic rings. The van der Waals surface area contributed by atoms with E-state index in [9.17, 15) is 19.8 Å². The number of carboxylic acids is 1. The Labute approximate surface area is 117 Å². The van der Waals surface area contributed by atoms with Gasteiger partial charge in [-0.25, -0.2) is 9.59 Å². The van der Waals surface area contributed by atoms with Crippen LogP contribution in [0.1, 0.15) is 32.4 Å². The molecule has 0 aliphatic heterocycles. The third kappa shape index (κ3) is 3.88. The van der Waals surface area contributed by atoms with Gasteiger partial charge in [-0.05, 0) is 26.8 Å². The molecule has 0 bridgehead atoms. The fraction of sp³-hybridized carbons (Fsp3) is 0.429. The van der Waals surface area contributed by atoms with E-state index in [4.69, 9.17) is 4.74 Å². The van der Waals surface area contributed by atoms with Gasteiger partial charge in [0.1, 0.15) is 11.4 Å². The van der Waals surface area contributed by atoms with Gasteiger partial charge in [-0.1, -0.05) is 18.2 Å². The first kappa shape index (κ1) is 15.8. The zero-order valence-electron chi connectivity index (χ0n) is 12.0. The Morgan fingerprint density at radius 1 is 1.25 bits per heavy atom. The number of amides is 1. The van der Waals surface area contributed by atoms with Gasteiger partial charge in [0.25, 0.3) is 0 Å². The van der Waals surface area contributed by atoms with Crippen molar-refractivity contribution in [2.75, 3.05) is 7.05 Å². The summed E-state index contributed by atoms with van der Waals surface area (Å²) < 4.78 is 5.13. The van der Waals surface area contributed by atoms with E-state index in [-0.39, 0.29) is 11.3 Å². The van der Waals surface area contributed by atoms with E-state index in [2.05, 4.69) is 0 Å². The predicted octanol–water partition coefficient (Wildman–Crippen LogP) is 2.38. The minimum Gasteiger partial charge on any atom is -0.508 e. The van der Waals surface area contributed by atoms with Crippen LogP contribution in [0.5, 0.6) is 5.75 Å². The SMILES string of the molecule is CN(C(=O)OC(C)(C)C)C(C(=O)O)c1ccccc1O. The lowest BCUT2D eigenvalue weighted by Crippen LogP contribution is -2.39. The maximum Gasteiger partial charge on any atom is 0.411 e. The highest BCUT2D eigenvalue weighted by Gasteiger charge is 2.32. The largest absolute Gasteiger partial charge is 0.508 e. The second-order valence-electron chi connectivity index (χ2n) is 5.39. The average molecular weight is 281 g/mol. The van der Waals surface area contributed by atoms with Gasteiger partial charge in [0, 0.05) is 12.6 Å². The predicted molar refractivity (Wildman–Crippen MR) is 72.5 cm³/mol. The zero-order valence-corrected chi connectivity index (χ0v) is 12.0. The molecule has 0 saturated carbocycles. The summed E-state index contributed by atoms with van der Waals surface area (Å²) >= 11 is 0. The lowest BCUT2D eigenvalue weighted by atomic mass is 10.1. The number of carbonyl (C=O) groups excluding carboxylic acids is 1. The van der Waals surface area contributed by atoms with Crippen LogP contribution >= 0.6 is 0 Å². The van der Waals surface area contributed by atoms with E-state index >= 15 is 0 Å². The summed E-state index contributed by atoms with van der Waals surface area (Å²) in [4.78, 5) is 24.3. The standard InChI is InChI=1S/C14H19NO5/c1-14(2,3)20-13(19)15(4)11(12(17)18)9-7-5-6-8-10(9)16/h5-8,11,16H,1-4H3,(H,17,18). The lowest BCUT2D eigenvalue weighted by Gasteiger charge is -2.28. The van der Waals surface area contributed by atoms with E-state index < -0.39 is 23.7 Å². The molecule has 0 aromatic heterocycles. The number of hydrogen-bond donors (Lipinski definition) is 2. The number of aliphatic carboxylic acids is 1. The average Bonchev–Trinajstić information content (AvgIpc) is 2.29. The zero-order chi connectivity index (χ0) is 15.5. The van der Waals surface area contributed by atoms with Crippen LogP contribution < -0.4 is 0 Å². The second-order valence-corrected chi connectivity index (χ2v) is 5.39. The summed E-state index contributed by atoms with van der Waals surface area (Å²) in [5.74, 6) is -1.44. The summed E-state index contributed by atoms with van der Waals surface area (Å²) in [6.45, 7) is 5.07. The molecule has 0 aliphatic carbocycles. The van der Waals surface area contributed by atoms with Gasteiger partial charge in [-0.15, -0.1) is 0 Å².